The summed E-state index contributed by atoms with van der Waals surface area (Å²) in [5, 5.41) is 17.8. The van der Waals surface area contributed by atoms with E-state index in [2.05, 4.69) is 0 Å². The molecule has 11 heavy (non-hydrogen) atoms. The Bertz CT molecular complexity index is 145. The van der Waals surface area contributed by atoms with Gasteiger partial charge in [-0.1, -0.05) is 21.6 Å². The summed E-state index contributed by atoms with van der Waals surface area (Å²) in [6.45, 7) is 0. The molecule has 3 nitrogen and oxygen atoms in total. The second-order valence-corrected chi connectivity index (χ2v) is 5.14. The summed E-state index contributed by atoms with van der Waals surface area (Å²) in [7, 11) is 3.30. The van der Waals surface area contributed by atoms with Crippen molar-refractivity contribution in [2.24, 2.45) is 0 Å². The quantitative estimate of drug-likeness (QED) is 0.656. The Morgan fingerprint density at radius 1 is 1.73 bits per heavy atom. The molecule has 0 aromatic rings. The summed E-state index contributed by atoms with van der Waals surface area (Å²) in [4.78, 5) is 10.2. The summed E-state index contributed by atoms with van der Waals surface area (Å²) < 4.78 is 0. The number of aliphatic hydroxyl groups excluding tert-OH is 1. The van der Waals surface area contributed by atoms with Crippen LogP contribution in [-0.2, 0) is 4.79 Å². The number of carbonyl (C=O) groups is 1. The van der Waals surface area contributed by atoms with Gasteiger partial charge < -0.3 is 10.2 Å². The molecule has 1 rings (SSSR count). The van der Waals surface area contributed by atoms with Crippen LogP contribution in [0.3, 0.4) is 0 Å². The Morgan fingerprint density at radius 2 is 2.45 bits per heavy atom. The lowest BCUT2D eigenvalue weighted by molar-refractivity contribution is -0.139. The van der Waals surface area contributed by atoms with Crippen LogP contribution >= 0.6 is 21.6 Å². The van der Waals surface area contributed by atoms with Crippen LogP contribution in [0.2, 0.25) is 0 Å². The lowest BCUT2D eigenvalue weighted by atomic mass is 10.1. The largest absolute Gasteiger partial charge is 0.481 e. The van der Waals surface area contributed by atoms with Gasteiger partial charge >= 0.3 is 5.97 Å². The third kappa shape index (κ3) is 2.92. The van der Waals surface area contributed by atoms with Gasteiger partial charge in [-0.05, 0) is 6.42 Å². The highest BCUT2D eigenvalue weighted by Gasteiger charge is 2.26. The molecule has 1 aliphatic rings. The average molecular weight is 194 g/mol. The van der Waals surface area contributed by atoms with Crippen molar-refractivity contribution in [2.45, 2.75) is 24.2 Å². The van der Waals surface area contributed by atoms with E-state index in [9.17, 15) is 9.90 Å². The van der Waals surface area contributed by atoms with E-state index in [0.29, 0.717) is 0 Å². The maximum absolute atomic E-state index is 10.2. The number of carboxylic acid groups (broad SMARTS) is 1. The summed E-state index contributed by atoms with van der Waals surface area (Å²) in [6, 6.07) is 0. The van der Waals surface area contributed by atoms with Crippen molar-refractivity contribution >= 4 is 27.6 Å². The van der Waals surface area contributed by atoms with Crippen molar-refractivity contribution in [3.63, 3.8) is 0 Å². The topological polar surface area (TPSA) is 57.5 Å². The Kier molecular flexibility index (Phi) is 3.54. The van der Waals surface area contributed by atoms with E-state index in [1.54, 1.807) is 21.6 Å². The fourth-order valence-electron chi connectivity index (χ4n) is 0.915. The van der Waals surface area contributed by atoms with E-state index in [1.165, 1.54) is 0 Å². The van der Waals surface area contributed by atoms with Gasteiger partial charge in [0.2, 0.25) is 0 Å². The monoisotopic (exact) mass is 194 g/mol. The number of hydrogen-bond donors (Lipinski definition) is 2. The highest BCUT2D eigenvalue weighted by molar-refractivity contribution is 8.77. The summed E-state index contributed by atoms with van der Waals surface area (Å²) >= 11 is 0. The van der Waals surface area contributed by atoms with Crippen molar-refractivity contribution < 1.29 is 15.0 Å². The first-order chi connectivity index (χ1) is 5.20. The third-order valence-corrected chi connectivity index (χ3v) is 4.48. The average Bonchev–Trinajstić information content (AvgIpc) is 2.35. The molecule has 1 aliphatic heterocycles. The molecule has 1 heterocycles. The van der Waals surface area contributed by atoms with E-state index in [4.69, 9.17) is 5.11 Å². The van der Waals surface area contributed by atoms with E-state index < -0.39 is 12.1 Å². The Balaban J connectivity index is 2.28. The number of hydrogen-bond acceptors (Lipinski definition) is 4. The minimum absolute atomic E-state index is 0.121. The molecule has 0 amide bonds. The fraction of sp³-hybridized carbons (Fsp3) is 0.833. The van der Waals surface area contributed by atoms with Crippen LogP contribution in [0.15, 0.2) is 0 Å². The molecule has 0 aromatic carbocycles. The summed E-state index contributed by atoms with van der Waals surface area (Å²) in [5.74, 6) is 0.0986. The van der Waals surface area contributed by atoms with Crippen molar-refractivity contribution in [1.29, 1.82) is 0 Å². The van der Waals surface area contributed by atoms with E-state index in [-0.39, 0.29) is 11.7 Å². The molecule has 64 valence electrons. The molecular weight excluding hydrogens is 184 g/mol. The normalized spacial score (nSPS) is 26.8. The molecule has 0 aliphatic carbocycles. The van der Waals surface area contributed by atoms with Crippen LogP contribution in [-0.4, -0.2) is 33.3 Å². The molecule has 0 saturated carbocycles. The van der Waals surface area contributed by atoms with Gasteiger partial charge in [0.15, 0.2) is 0 Å². The molecule has 2 unspecified atom stereocenters. The smallest absolute Gasteiger partial charge is 0.306 e. The SMILES string of the molecule is O=C(O)CC(O)C1CCSS1. The third-order valence-electron chi connectivity index (χ3n) is 1.49. The number of aliphatic carboxylic acids is 1. The molecule has 5 heteroatoms. The van der Waals surface area contributed by atoms with Gasteiger partial charge in [-0.3, -0.25) is 4.79 Å². The van der Waals surface area contributed by atoms with E-state index in [0.717, 1.165) is 12.2 Å². The number of rotatable bonds is 3. The van der Waals surface area contributed by atoms with Crippen LogP contribution in [0.5, 0.6) is 0 Å². The van der Waals surface area contributed by atoms with Crippen molar-refractivity contribution in [3.8, 4) is 0 Å². The van der Waals surface area contributed by atoms with E-state index in [1.807, 2.05) is 0 Å². The molecule has 2 N–H and O–H groups in total. The zero-order valence-electron chi connectivity index (χ0n) is 5.90. The fourth-order valence-corrected chi connectivity index (χ4v) is 3.90. The maximum atomic E-state index is 10.2. The van der Waals surface area contributed by atoms with Crippen LogP contribution in [0.25, 0.3) is 0 Å². The lowest BCUT2D eigenvalue weighted by Crippen LogP contribution is -2.23. The maximum Gasteiger partial charge on any atom is 0.306 e. The minimum atomic E-state index is -0.921. The Hall–Kier alpha value is 0.130. The van der Waals surface area contributed by atoms with E-state index >= 15 is 0 Å². The first-order valence-corrected chi connectivity index (χ1v) is 5.76. The number of carboxylic acids is 1. The van der Waals surface area contributed by atoms with Crippen molar-refractivity contribution in [1.82, 2.24) is 0 Å². The first kappa shape index (κ1) is 9.22. The minimum Gasteiger partial charge on any atom is -0.481 e. The van der Waals surface area contributed by atoms with Gasteiger partial charge in [-0.2, -0.15) is 0 Å². The Labute approximate surface area is 73.0 Å². The van der Waals surface area contributed by atoms with Gasteiger partial charge in [-0.15, -0.1) is 0 Å². The highest BCUT2D eigenvalue weighted by atomic mass is 33.1. The molecule has 0 radical (unpaired) electrons. The predicted octanol–water partition coefficient (Wildman–Crippen LogP) is 0.976. The van der Waals surface area contributed by atoms with Gasteiger partial charge in [0.05, 0.1) is 12.5 Å². The van der Waals surface area contributed by atoms with Crippen LogP contribution in [0, 0.1) is 0 Å². The van der Waals surface area contributed by atoms with Gasteiger partial charge in [0.1, 0.15) is 0 Å². The molecule has 1 saturated heterocycles. The summed E-state index contributed by atoms with van der Waals surface area (Å²) in [6.07, 6.45) is 0.120. The molecule has 0 spiro atoms. The first-order valence-electron chi connectivity index (χ1n) is 3.38. The second kappa shape index (κ2) is 4.23. The molecule has 0 aromatic heterocycles. The van der Waals surface area contributed by atoms with Crippen molar-refractivity contribution in [3.05, 3.63) is 0 Å². The predicted molar refractivity (Wildman–Crippen MR) is 46.7 cm³/mol. The van der Waals surface area contributed by atoms with Gasteiger partial charge in [0, 0.05) is 11.0 Å². The summed E-state index contributed by atoms with van der Waals surface area (Å²) in [5.41, 5.74) is 0. The molecular formula is C6H10O3S2. The van der Waals surface area contributed by atoms with Crippen LogP contribution in [0.4, 0.5) is 0 Å². The molecule has 0 bridgehead atoms. The molecule has 1 fully saturated rings. The zero-order chi connectivity index (χ0) is 8.27. The second-order valence-electron chi connectivity index (χ2n) is 2.41. The lowest BCUT2D eigenvalue weighted by Gasteiger charge is -2.12. The standard InChI is InChI=1S/C6H10O3S2/c7-4(3-6(8)9)5-1-2-10-11-5/h4-5,7H,1-3H2,(H,8,9). The Morgan fingerprint density at radius 3 is 2.91 bits per heavy atom. The molecule has 2 atom stereocenters. The van der Waals surface area contributed by atoms with Gasteiger partial charge in [0.25, 0.3) is 0 Å². The van der Waals surface area contributed by atoms with Gasteiger partial charge in [-0.25, -0.2) is 0 Å². The van der Waals surface area contributed by atoms with Crippen LogP contribution in [0.1, 0.15) is 12.8 Å². The van der Waals surface area contributed by atoms with Crippen LogP contribution < -0.4 is 0 Å². The highest BCUT2D eigenvalue weighted by Crippen LogP contribution is 2.39. The van der Waals surface area contributed by atoms with Crippen molar-refractivity contribution in [2.75, 3.05) is 5.75 Å². The zero-order valence-corrected chi connectivity index (χ0v) is 7.53. The number of aliphatic hydroxyl groups is 1.